The van der Waals surface area contributed by atoms with Crippen LogP contribution in [-0.4, -0.2) is 47.8 Å². The van der Waals surface area contributed by atoms with Gasteiger partial charge in [0, 0.05) is 37.3 Å². The first-order valence-electron chi connectivity index (χ1n) is 8.37. The van der Waals surface area contributed by atoms with Crippen LogP contribution in [-0.2, 0) is 0 Å². The summed E-state index contributed by atoms with van der Waals surface area (Å²) in [5.74, 6) is -0.477. The third kappa shape index (κ3) is 3.71. The van der Waals surface area contributed by atoms with Crippen molar-refractivity contribution in [3.8, 4) is 0 Å². The van der Waals surface area contributed by atoms with Crippen molar-refractivity contribution >= 4 is 11.8 Å². The fourth-order valence-corrected chi connectivity index (χ4v) is 3.02. The highest BCUT2D eigenvalue weighted by atomic mass is 19.1. The minimum absolute atomic E-state index is 0.00933. The number of hydrogen-bond donors (Lipinski definition) is 0. The highest BCUT2D eigenvalue weighted by Crippen LogP contribution is 2.16. The third-order valence-electron chi connectivity index (χ3n) is 4.57. The molecule has 1 aliphatic rings. The average Bonchev–Trinajstić information content (AvgIpc) is 2.63. The number of aryl methyl sites for hydroxylation is 2. The first-order chi connectivity index (χ1) is 12.0. The van der Waals surface area contributed by atoms with Crippen LogP contribution in [0.25, 0.3) is 0 Å². The molecule has 130 valence electrons. The molecule has 4 nitrogen and oxygen atoms in total. The summed E-state index contributed by atoms with van der Waals surface area (Å²) in [6, 6.07) is 11.4. The van der Waals surface area contributed by atoms with Crippen molar-refractivity contribution in [3.63, 3.8) is 0 Å². The fourth-order valence-electron chi connectivity index (χ4n) is 3.02. The van der Waals surface area contributed by atoms with Crippen molar-refractivity contribution in [2.45, 2.75) is 13.8 Å². The standard InChI is InChI=1S/C20H21FN2O2/c1-14-3-4-15(2)18(13-14)20(25)23-11-9-22(10-12-23)19(24)16-5-7-17(21)8-6-16/h3-8,13H,9-12H2,1-2H3. The lowest BCUT2D eigenvalue weighted by atomic mass is 10.0. The monoisotopic (exact) mass is 340 g/mol. The Balaban J connectivity index is 1.65. The van der Waals surface area contributed by atoms with E-state index >= 15 is 0 Å². The summed E-state index contributed by atoms with van der Waals surface area (Å²) >= 11 is 0. The fraction of sp³-hybridized carbons (Fsp3) is 0.300. The Morgan fingerprint density at radius 1 is 0.840 bits per heavy atom. The molecule has 0 aliphatic carbocycles. The van der Waals surface area contributed by atoms with Crippen molar-refractivity contribution < 1.29 is 14.0 Å². The minimum atomic E-state index is -0.361. The van der Waals surface area contributed by atoms with Crippen LogP contribution in [0.4, 0.5) is 4.39 Å². The zero-order chi connectivity index (χ0) is 18.0. The second-order valence-electron chi connectivity index (χ2n) is 6.41. The Bertz CT molecular complexity index is 794. The molecule has 1 heterocycles. The van der Waals surface area contributed by atoms with Gasteiger partial charge >= 0.3 is 0 Å². The van der Waals surface area contributed by atoms with E-state index in [0.717, 1.165) is 16.7 Å². The zero-order valence-electron chi connectivity index (χ0n) is 14.5. The molecule has 0 aromatic heterocycles. The van der Waals surface area contributed by atoms with Gasteiger partial charge in [-0.3, -0.25) is 9.59 Å². The first-order valence-corrected chi connectivity index (χ1v) is 8.37. The largest absolute Gasteiger partial charge is 0.335 e. The molecule has 0 atom stereocenters. The number of piperazine rings is 1. The highest BCUT2D eigenvalue weighted by molar-refractivity contribution is 5.97. The molecule has 2 aromatic carbocycles. The van der Waals surface area contributed by atoms with E-state index in [1.807, 2.05) is 32.0 Å². The van der Waals surface area contributed by atoms with Gasteiger partial charge in [0.25, 0.3) is 11.8 Å². The van der Waals surface area contributed by atoms with E-state index in [0.29, 0.717) is 31.7 Å². The van der Waals surface area contributed by atoms with Crippen LogP contribution in [0, 0.1) is 19.7 Å². The number of benzene rings is 2. The lowest BCUT2D eigenvalue weighted by Gasteiger charge is -2.35. The molecule has 0 N–H and O–H groups in total. The maximum absolute atomic E-state index is 13.0. The molecule has 5 heteroatoms. The summed E-state index contributed by atoms with van der Waals surface area (Å²) in [7, 11) is 0. The number of nitrogens with zero attached hydrogens (tertiary/aromatic N) is 2. The number of hydrogen-bond acceptors (Lipinski definition) is 2. The molecular formula is C20H21FN2O2. The molecule has 0 spiro atoms. The molecule has 1 fully saturated rings. The Hall–Kier alpha value is -2.69. The molecular weight excluding hydrogens is 319 g/mol. The summed E-state index contributed by atoms with van der Waals surface area (Å²) in [6.45, 7) is 5.86. The summed E-state index contributed by atoms with van der Waals surface area (Å²) in [6.07, 6.45) is 0. The van der Waals surface area contributed by atoms with E-state index in [4.69, 9.17) is 0 Å². The van der Waals surface area contributed by atoms with Gasteiger partial charge in [-0.2, -0.15) is 0 Å². The van der Waals surface area contributed by atoms with Crippen LogP contribution in [0.15, 0.2) is 42.5 Å². The van der Waals surface area contributed by atoms with E-state index in [1.54, 1.807) is 9.80 Å². The predicted octanol–water partition coefficient (Wildman–Crippen LogP) is 3.04. The minimum Gasteiger partial charge on any atom is -0.335 e. The van der Waals surface area contributed by atoms with E-state index < -0.39 is 0 Å². The molecule has 2 aromatic rings. The van der Waals surface area contributed by atoms with Gasteiger partial charge in [0.05, 0.1) is 0 Å². The van der Waals surface area contributed by atoms with Crippen LogP contribution in [0.3, 0.4) is 0 Å². The van der Waals surface area contributed by atoms with Crippen LogP contribution in [0.5, 0.6) is 0 Å². The second kappa shape index (κ2) is 7.05. The van der Waals surface area contributed by atoms with Gasteiger partial charge in [0.15, 0.2) is 0 Å². The molecule has 1 saturated heterocycles. The maximum Gasteiger partial charge on any atom is 0.254 e. The molecule has 2 amide bonds. The van der Waals surface area contributed by atoms with Crippen molar-refractivity contribution in [2.75, 3.05) is 26.2 Å². The predicted molar refractivity (Wildman–Crippen MR) is 94.1 cm³/mol. The van der Waals surface area contributed by atoms with Gasteiger partial charge in [-0.05, 0) is 49.7 Å². The lowest BCUT2D eigenvalue weighted by Crippen LogP contribution is -2.50. The van der Waals surface area contributed by atoms with Crippen LogP contribution in [0.2, 0.25) is 0 Å². The van der Waals surface area contributed by atoms with E-state index in [9.17, 15) is 14.0 Å². The quantitative estimate of drug-likeness (QED) is 0.843. The molecule has 3 rings (SSSR count). The smallest absolute Gasteiger partial charge is 0.254 e. The van der Waals surface area contributed by atoms with Crippen molar-refractivity contribution in [1.82, 2.24) is 9.80 Å². The van der Waals surface area contributed by atoms with Gasteiger partial charge in [-0.15, -0.1) is 0 Å². The van der Waals surface area contributed by atoms with E-state index in [2.05, 4.69) is 0 Å². The molecule has 1 aliphatic heterocycles. The molecule has 0 unspecified atom stereocenters. The second-order valence-corrected chi connectivity index (χ2v) is 6.41. The number of amides is 2. The first kappa shape index (κ1) is 17.1. The van der Waals surface area contributed by atoms with Crippen molar-refractivity contribution in [3.05, 3.63) is 70.5 Å². The van der Waals surface area contributed by atoms with Crippen molar-refractivity contribution in [2.24, 2.45) is 0 Å². The van der Waals surface area contributed by atoms with Gasteiger partial charge in [0.2, 0.25) is 0 Å². The zero-order valence-corrected chi connectivity index (χ0v) is 14.5. The average molecular weight is 340 g/mol. The number of halogens is 1. The van der Waals surface area contributed by atoms with Gasteiger partial charge in [-0.1, -0.05) is 17.7 Å². The van der Waals surface area contributed by atoms with Crippen LogP contribution >= 0.6 is 0 Å². The van der Waals surface area contributed by atoms with Crippen LogP contribution in [0.1, 0.15) is 31.8 Å². The Morgan fingerprint density at radius 3 is 2.00 bits per heavy atom. The van der Waals surface area contributed by atoms with Gasteiger partial charge < -0.3 is 9.80 Å². The van der Waals surface area contributed by atoms with E-state index in [-0.39, 0.29) is 17.6 Å². The highest BCUT2D eigenvalue weighted by Gasteiger charge is 2.26. The maximum atomic E-state index is 13.0. The third-order valence-corrected chi connectivity index (χ3v) is 4.57. The summed E-state index contributed by atoms with van der Waals surface area (Å²) in [5.41, 5.74) is 3.20. The number of carbonyl (C=O) groups is 2. The summed E-state index contributed by atoms with van der Waals surface area (Å²) in [4.78, 5) is 28.7. The Kier molecular flexibility index (Phi) is 4.83. The Labute approximate surface area is 146 Å². The molecule has 0 bridgehead atoms. The Morgan fingerprint density at radius 2 is 1.40 bits per heavy atom. The SMILES string of the molecule is Cc1ccc(C)c(C(=O)N2CCN(C(=O)c3ccc(F)cc3)CC2)c1. The summed E-state index contributed by atoms with van der Waals surface area (Å²) in [5, 5.41) is 0. The molecule has 25 heavy (non-hydrogen) atoms. The molecule has 0 radical (unpaired) electrons. The molecule has 0 saturated carbocycles. The summed E-state index contributed by atoms with van der Waals surface area (Å²) < 4.78 is 13.0. The van der Waals surface area contributed by atoms with Gasteiger partial charge in [0.1, 0.15) is 5.82 Å². The number of rotatable bonds is 2. The number of carbonyl (C=O) groups excluding carboxylic acids is 2. The lowest BCUT2D eigenvalue weighted by molar-refractivity contribution is 0.0535. The van der Waals surface area contributed by atoms with E-state index in [1.165, 1.54) is 24.3 Å². The van der Waals surface area contributed by atoms with Gasteiger partial charge in [-0.25, -0.2) is 4.39 Å². The van der Waals surface area contributed by atoms with Crippen molar-refractivity contribution in [1.29, 1.82) is 0 Å². The van der Waals surface area contributed by atoms with Crippen LogP contribution < -0.4 is 0 Å². The normalized spacial score (nSPS) is 14.5. The topological polar surface area (TPSA) is 40.6 Å².